The highest BCUT2D eigenvalue weighted by molar-refractivity contribution is 6.76. The van der Waals surface area contributed by atoms with Gasteiger partial charge in [0.05, 0.1) is 18.7 Å². The van der Waals surface area contributed by atoms with Gasteiger partial charge in [-0.2, -0.15) is 0 Å². The van der Waals surface area contributed by atoms with Crippen LogP contribution in [0.2, 0.25) is 0 Å². The molecule has 0 aromatic heterocycles. The van der Waals surface area contributed by atoms with Gasteiger partial charge < -0.3 is 4.90 Å². The minimum absolute atomic E-state index is 0.0240. The first-order chi connectivity index (χ1) is 9.47. The first-order valence-corrected chi connectivity index (χ1v) is 7.19. The van der Waals surface area contributed by atoms with Crippen molar-refractivity contribution in [2.75, 3.05) is 13.1 Å². The maximum Gasteiger partial charge on any atom is 0.249 e. The Labute approximate surface area is 131 Å². The zero-order valence-corrected chi connectivity index (χ0v) is 12.6. The Balaban J connectivity index is 1.98. The quantitative estimate of drug-likeness (QED) is 0.782. The molecule has 1 aromatic carbocycles. The molecule has 0 aliphatic carbocycles. The number of benzene rings is 1. The van der Waals surface area contributed by atoms with Crippen LogP contribution in [-0.4, -0.2) is 39.2 Å². The number of hydrogen-bond acceptors (Lipinski definition) is 4. The van der Waals surface area contributed by atoms with E-state index in [1.165, 1.54) is 0 Å². The van der Waals surface area contributed by atoms with Crippen LogP contribution in [0.4, 0.5) is 5.69 Å². The van der Waals surface area contributed by atoms with Crippen molar-refractivity contribution in [3.8, 4) is 0 Å². The van der Waals surface area contributed by atoms with Crippen LogP contribution in [0.5, 0.6) is 0 Å². The highest BCUT2D eigenvalue weighted by Crippen LogP contribution is 2.32. The first-order valence-electron chi connectivity index (χ1n) is 6.06. The minimum atomic E-state index is -1.92. The third kappa shape index (κ3) is 2.43. The number of nitrogens with zero attached hydrogens (tertiary/aromatic N) is 3. The maximum atomic E-state index is 11.9. The molecule has 4 nitrogen and oxygen atoms in total. The summed E-state index contributed by atoms with van der Waals surface area (Å²) in [6.45, 7) is 1.36. The van der Waals surface area contributed by atoms with Crippen LogP contribution < -0.4 is 0 Å². The number of amidine groups is 2. The number of Topliss-reactive ketones (excluding diaryl/α,β-unsaturated/α-hetero) is 1. The fraction of sp³-hybridized carbons (Fsp3) is 0.308. The van der Waals surface area contributed by atoms with Crippen molar-refractivity contribution >= 4 is 57.9 Å². The SMILES string of the molecule is O=C(CC1=Nc2ccccc2C2=NCCN12)C(Cl)(Cl)Cl. The van der Waals surface area contributed by atoms with Crippen molar-refractivity contribution < 1.29 is 4.79 Å². The number of rotatable bonds is 2. The molecular weight excluding hydrogens is 321 g/mol. The van der Waals surface area contributed by atoms with E-state index in [1.54, 1.807) is 0 Å². The Bertz CT molecular complexity index is 634. The Morgan fingerprint density at radius 3 is 2.80 bits per heavy atom. The number of carbonyl (C=O) groups is 1. The van der Waals surface area contributed by atoms with Crippen molar-refractivity contribution in [1.82, 2.24) is 4.90 Å². The lowest BCUT2D eigenvalue weighted by molar-refractivity contribution is -0.117. The first kappa shape index (κ1) is 13.9. The number of para-hydroxylation sites is 1. The molecule has 0 fully saturated rings. The van der Waals surface area contributed by atoms with Crippen LogP contribution in [0.3, 0.4) is 0 Å². The molecule has 3 rings (SSSR count). The highest BCUT2D eigenvalue weighted by atomic mass is 35.6. The molecule has 0 atom stereocenters. The summed E-state index contributed by atoms with van der Waals surface area (Å²) in [5.41, 5.74) is 1.76. The molecule has 0 amide bonds. The van der Waals surface area contributed by atoms with Gasteiger partial charge in [-0.3, -0.25) is 9.79 Å². The molecule has 0 unspecified atom stereocenters. The van der Waals surface area contributed by atoms with Gasteiger partial charge in [0.15, 0.2) is 5.78 Å². The number of alkyl halides is 3. The lowest BCUT2D eigenvalue weighted by Crippen LogP contribution is -2.39. The zero-order valence-electron chi connectivity index (χ0n) is 10.3. The summed E-state index contributed by atoms with van der Waals surface area (Å²) in [5, 5.41) is 0. The highest BCUT2D eigenvalue weighted by Gasteiger charge is 2.35. The second-order valence-corrected chi connectivity index (χ2v) is 6.78. The summed E-state index contributed by atoms with van der Waals surface area (Å²) < 4.78 is -1.92. The van der Waals surface area contributed by atoms with Crippen LogP contribution >= 0.6 is 34.8 Å². The standard InChI is InChI=1S/C13H10Cl3N3O/c14-13(15,16)10(20)7-11-18-9-4-2-1-3-8(9)12-17-5-6-19(11)12/h1-4H,5-7H2. The van der Waals surface area contributed by atoms with E-state index in [2.05, 4.69) is 9.98 Å². The van der Waals surface area contributed by atoms with Crippen LogP contribution in [0, 0.1) is 0 Å². The second kappa shape index (κ2) is 5.02. The predicted octanol–water partition coefficient (Wildman–Crippen LogP) is 3.12. The number of fused-ring (bicyclic) bond motifs is 3. The van der Waals surface area contributed by atoms with Gasteiger partial charge in [-0.15, -0.1) is 0 Å². The molecule has 0 N–H and O–H groups in total. The summed E-state index contributed by atoms with van der Waals surface area (Å²) in [4.78, 5) is 22.8. The Hall–Kier alpha value is -1.10. The largest absolute Gasteiger partial charge is 0.312 e. The van der Waals surface area contributed by atoms with E-state index < -0.39 is 9.58 Å². The van der Waals surface area contributed by atoms with Gasteiger partial charge >= 0.3 is 0 Å². The Morgan fingerprint density at radius 1 is 1.30 bits per heavy atom. The van der Waals surface area contributed by atoms with Crippen LogP contribution in [0.25, 0.3) is 0 Å². The van der Waals surface area contributed by atoms with Crippen LogP contribution in [0.1, 0.15) is 12.0 Å². The van der Waals surface area contributed by atoms with E-state index in [0.29, 0.717) is 18.9 Å². The number of halogens is 3. The molecule has 2 aliphatic heterocycles. The van der Waals surface area contributed by atoms with E-state index in [4.69, 9.17) is 34.8 Å². The number of ketones is 1. The fourth-order valence-electron chi connectivity index (χ4n) is 2.27. The fourth-order valence-corrected chi connectivity index (χ4v) is 2.47. The van der Waals surface area contributed by atoms with Gasteiger partial charge in [-0.25, -0.2) is 4.99 Å². The van der Waals surface area contributed by atoms with E-state index >= 15 is 0 Å². The number of hydrogen-bond donors (Lipinski definition) is 0. The van der Waals surface area contributed by atoms with E-state index in [9.17, 15) is 4.79 Å². The average Bonchev–Trinajstić information content (AvgIpc) is 2.87. The molecule has 0 spiro atoms. The summed E-state index contributed by atoms with van der Waals surface area (Å²) in [5.74, 6) is 0.922. The lowest BCUT2D eigenvalue weighted by Gasteiger charge is -2.27. The number of aliphatic imine (C=N–C) groups is 2. The minimum Gasteiger partial charge on any atom is -0.312 e. The molecule has 7 heteroatoms. The summed E-state index contributed by atoms with van der Waals surface area (Å²) in [6, 6.07) is 7.67. The van der Waals surface area contributed by atoms with Gasteiger partial charge in [0.2, 0.25) is 3.79 Å². The molecule has 104 valence electrons. The molecular formula is C13H10Cl3N3O. The molecule has 2 aliphatic rings. The topological polar surface area (TPSA) is 45.0 Å². The van der Waals surface area contributed by atoms with Gasteiger partial charge in [0.1, 0.15) is 11.7 Å². The smallest absolute Gasteiger partial charge is 0.249 e. The summed E-state index contributed by atoms with van der Waals surface area (Å²) in [7, 11) is 0. The molecule has 0 radical (unpaired) electrons. The lowest BCUT2D eigenvalue weighted by atomic mass is 10.1. The van der Waals surface area contributed by atoms with Crippen molar-refractivity contribution in [3.63, 3.8) is 0 Å². The van der Waals surface area contributed by atoms with Crippen LogP contribution in [0.15, 0.2) is 34.3 Å². The van der Waals surface area contributed by atoms with Gasteiger partial charge in [-0.05, 0) is 12.1 Å². The molecule has 2 heterocycles. The normalized spacial score (nSPS) is 17.2. The van der Waals surface area contributed by atoms with Crippen molar-refractivity contribution in [2.24, 2.45) is 9.98 Å². The third-order valence-electron chi connectivity index (χ3n) is 3.18. The molecule has 0 saturated carbocycles. The monoisotopic (exact) mass is 329 g/mol. The summed E-state index contributed by atoms with van der Waals surface area (Å²) >= 11 is 16.9. The maximum absolute atomic E-state index is 11.9. The molecule has 1 aromatic rings. The van der Waals surface area contributed by atoms with Gasteiger partial charge in [0, 0.05) is 12.1 Å². The van der Waals surface area contributed by atoms with Crippen molar-refractivity contribution in [2.45, 2.75) is 10.2 Å². The molecule has 0 bridgehead atoms. The van der Waals surface area contributed by atoms with Crippen molar-refractivity contribution in [1.29, 1.82) is 0 Å². The Morgan fingerprint density at radius 2 is 2.05 bits per heavy atom. The summed E-state index contributed by atoms with van der Waals surface area (Å²) in [6.07, 6.45) is -0.0240. The van der Waals surface area contributed by atoms with Crippen molar-refractivity contribution in [3.05, 3.63) is 29.8 Å². The van der Waals surface area contributed by atoms with E-state index in [1.807, 2.05) is 29.2 Å². The van der Waals surface area contributed by atoms with Crippen LogP contribution in [-0.2, 0) is 4.79 Å². The predicted molar refractivity (Wildman–Crippen MR) is 81.6 cm³/mol. The average molecular weight is 331 g/mol. The van der Waals surface area contributed by atoms with Gasteiger partial charge in [0.25, 0.3) is 0 Å². The molecule has 20 heavy (non-hydrogen) atoms. The molecule has 0 saturated heterocycles. The number of carbonyl (C=O) groups excluding carboxylic acids is 1. The van der Waals surface area contributed by atoms with Gasteiger partial charge in [-0.1, -0.05) is 46.9 Å². The second-order valence-electron chi connectivity index (χ2n) is 4.50. The zero-order chi connectivity index (χ0) is 14.3. The van der Waals surface area contributed by atoms with E-state index in [-0.39, 0.29) is 6.42 Å². The third-order valence-corrected chi connectivity index (χ3v) is 3.81. The van der Waals surface area contributed by atoms with E-state index in [0.717, 1.165) is 17.1 Å². The Kier molecular flexibility index (Phi) is 3.48.